The number of pyridine rings is 2. The third-order valence-electron chi connectivity index (χ3n) is 9.95. The van der Waals surface area contributed by atoms with Gasteiger partial charge >= 0.3 is 0 Å². The Morgan fingerprint density at radius 2 is 1.75 bits per heavy atom. The van der Waals surface area contributed by atoms with Crippen LogP contribution in [0.25, 0.3) is 27.7 Å². The van der Waals surface area contributed by atoms with Crippen LogP contribution in [-0.4, -0.2) is 76.3 Å². The highest BCUT2D eigenvalue weighted by molar-refractivity contribution is 6.03. The van der Waals surface area contributed by atoms with Crippen LogP contribution in [0.4, 0.5) is 24.5 Å². The van der Waals surface area contributed by atoms with Gasteiger partial charge in [0, 0.05) is 50.3 Å². The molecule has 0 saturated carbocycles. The van der Waals surface area contributed by atoms with Crippen molar-refractivity contribution >= 4 is 28.2 Å². The van der Waals surface area contributed by atoms with Gasteiger partial charge in [-0.3, -0.25) is 19.1 Å². The molecule has 0 aliphatic carbocycles. The second kappa shape index (κ2) is 11.7. The number of amides is 1. The third kappa shape index (κ3) is 4.68. The molecule has 12 heteroatoms. The molecule has 0 radical (unpaired) electrons. The summed E-state index contributed by atoms with van der Waals surface area (Å²) >= 11 is 0. The van der Waals surface area contributed by atoms with Crippen molar-refractivity contribution < 1.29 is 23.1 Å². The normalized spacial score (nSPS) is 19.4. The minimum absolute atomic E-state index is 0.0729. The van der Waals surface area contributed by atoms with E-state index >= 15 is 18.0 Å². The molecule has 2 aromatic heterocycles. The summed E-state index contributed by atoms with van der Waals surface area (Å²) in [7, 11) is 0. The quantitative estimate of drug-likeness (QED) is 0.292. The Morgan fingerprint density at radius 3 is 2.40 bits per heavy atom. The summed E-state index contributed by atoms with van der Waals surface area (Å²) in [6, 6.07) is 5.61. The molecule has 3 aliphatic heterocycles. The molecule has 2 unspecified atom stereocenters. The lowest BCUT2D eigenvalue weighted by Gasteiger charge is -2.54. The zero-order valence-corrected chi connectivity index (χ0v) is 27.2. The van der Waals surface area contributed by atoms with E-state index < -0.39 is 39.9 Å². The third-order valence-corrected chi connectivity index (χ3v) is 9.95. The van der Waals surface area contributed by atoms with Gasteiger partial charge in [-0.2, -0.15) is 0 Å². The number of phenolic OH excluding ortho intramolecular Hbond substituents is 1. The molecule has 4 aromatic rings. The van der Waals surface area contributed by atoms with E-state index in [2.05, 4.69) is 16.9 Å². The molecule has 2 saturated heterocycles. The van der Waals surface area contributed by atoms with Crippen molar-refractivity contribution in [2.45, 2.75) is 51.7 Å². The van der Waals surface area contributed by atoms with Crippen molar-refractivity contribution in [3.8, 4) is 22.6 Å². The van der Waals surface area contributed by atoms with Gasteiger partial charge in [0.2, 0.25) is 5.91 Å². The molecule has 48 heavy (non-hydrogen) atoms. The van der Waals surface area contributed by atoms with Crippen molar-refractivity contribution in [3.63, 3.8) is 0 Å². The van der Waals surface area contributed by atoms with Crippen LogP contribution in [0.15, 0.2) is 54.0 Å². The van der Waals surface area contributed by atoms with Crippen LogP contribution in [0.3, 0.4) is 0 Å². The Labute approximate surface area is 275 Å². The smallest absolute Gasteiger partial charge is 0.281 e. The van der Waals surface area contributed by atoms with Gasteiger partial charge in [0.25, 0.3) is 5.56 Å². The number of benzene rings is 2. The molecule has 0 spiro atoms. The maximum atomic E-state index is 17.4. The molecule has 2 aromatic carbocycles. The molecule has 250 valence electrons. The average Bonchev–Trinajstić information content (AvgIpc) is 3.01. The molecule has 7 rings (SSSR count). The summed E-state index contributed by atoms with van der Waals surface area (Å²) in [5.74, 6) is -4.32. The second-order valence-corrected chi connectivity index (χ2v) is 13.2. The Bertz CT molecular complexity index is 2040. The molecular formula is C36H37F3N6O3. The molecule has 2 N–H and O–H groups in total. The highest BCUT2D eigenvalue weighted by Crippen LogP contribution is 2.47. The number of nitrogens with one attached hydrogen (secondary N) is 1. The van der Waals surface area contributed by atoms with Gasteiger partial charge in [-0.05, 0) is 55.7 Å². The largest absolute Gasteiger partial charge is 0.507 e. The predicted octanol–water partition coefficient (Wildman–Crippen LogP) is 4.99. The zero-order chi connectivity index (χ0) is 34.2. The van der Waals surface area contributed by atoms with E-state index in [1.54, 1.807) is 24.1 Å². The predicted molar refractivity (Wildman–Crippen MR) is 180 cm³/mol. The number of carbonyl (C=O) groups excluding carboxylic acids is 1. The Morgan fingerprint density at radius 1 is 1.02 bits per heavy atom. The number of hydrogen-bond acceptors (Lipinski definition) is 7. The molecule has 3 aliphatic rings. The minimum Gasteiger partial charge on any atom is -0.507 e. The highest BCUT2D eigenvalue weighted by atomic mass is 19.1. The number of aromatic nitrogens is 2. The summed E-state index contributed by atoms with van der Waals surface area (Å²) in [5, 5.41) is 14.0. The summed E-state index contributed by atoms with van der Waals surface area (Å²) in [6.45, 7) is 13.4. The number of halogens is 3. The van der Waals surface area contributed by atoms with Crippen molar-refractivity contribution in [2.24, 2.45) is 0 Å². The number of fused-ring (bicyclic) bond motifs is 5. The van der Waals surface area contributed by atoms with Crippen molar-refractivity contribution in [3.05, 3.63) is 88.2 Å². The van der Waals surface area contributed by atoms with Gasteiger partial charge in [0.1, 0.15) is 23.1 Å². The first-order valence-corrected chi connectivity index (χ1v) is 16.2. The molecule has 9 nitrogen and oxygen atoms in total. The number of aromatic hydroxyl groups is 1. The van der Waals surface area contributed by atoms with Crippen molar-refractivity contribution in [1.29, 1.82) is 0 Å². The van der Waals surface area contributed by atoms with E-state index in [-0.39, 0.29) is 40.9 Å². The van der Waals surface area contributed by atoms with Crippen LogP contribution in [0.2, 0.25) is 0 Å². The summed E-state index contributed by atoms with van der Waals surface area (Å²) in [4.78, 5) is 38.3. The van der Waals surface area contributed by atoms with Crippen LogP contribution in [0.1, 0.15) is 37.9 Å². The lowest BCUT2D eigenvalue weighted by molar-refractivity contribution is -0.128. The van der Waals surface area contributed by atoms with Gasteiger partial charge in [-0.1, -0.05) is 26.5 Å². The lowest BCUT2D eigenvalue weighted by Crippen LogP contribution is -2.68. The van der Waals surface area contributed by atoms with E-state index in [0.29, 0.717) is 61.0 Å². The summed E-state index contributed by atoms with van der Waals surface area (Å²) in [6.07, 6.45) is 2.90. The molecular weight excluding hydrogens is 621 g/mol. The first-order chi connectivity index (χ1) is 22.9. The average molecular weight is 659 g/mol. The zero-order valence-electron chi connectivity index (χ0n) is 27.2. The van der Waals surface area contributed by atoms with Gasteiger partial charge in [0.05, 0.1) is 45.8 Å². The van der Waals surface area contributed by atoms with Gasteiger partial charge < -0.3 is 25.1 Å². The first kappa shape index (κ1) is 31.7. The standard InChI is InChI=1S/C36H37F3N6O3/c1-6-27(47)42-16-22-17-44(21-13-40-14-21)35-34(43(22)15-20(42)5)23-12-25(38)29(28-24(37)8-7-9-26(28)46)30(39)33(23)45(36(35)48)32-19(4)10-11-41-31(32)18(2)3/h6-12,18,20-22,40,46H,1,13-17H2,2-5H3. The van der Waals surface area contributed by atoms with E-state index in [0.717, 1.165) is 18.2 Å². The van der Waals surface area contributed by atoms with Crippen LogP contribution in [-0.2, 0) is 4.79 Å². The molecule has 0 bridgehead atoms. The lowest BCUT2D eigenvalue weighted by atomic mass is 9.93. The fourth-order valence-corrected chi connectivity index (χ4v) is 7.52. The summed E-state index contributed by atoms with van der Waals surface area (Å²) in [5.41, 5.74) is 0.0286. The van der Waals surface area contributed by atoms with Gasteiger partial charge in [0.15, 0.2) is 5.82 Å². The van der Waals surface area contributed by atoms with Crippen molar-refractivity contribution in [2.75, 3.05) is 42.5 Å². The van der Waals surface area contributed by atoms with Crippen LogP contribution < -0.4 is 20.7 Å². The number of rotatable bonds is 5. The van der Waals surface area contributed by atoms with Crippen LogP contribution in [0.5, 0.6) is 5.75 Å². The number of hydrogen-bond donors (Lipinski definition) is 2. The van der Waals surface area contributed by atoms with Gasteiger partial charge in [-0.25, -0.2) is 13.2 Å². The van der Waals surface area contributed by atoms with E-state index in [1.807, 2.05) is 30.6 Å². The highest BCUT2D eigenvalue weighted by Gasteiger charge is 2.45. The van der Waals surface area contributed by atoms with E-state index in [1.165, 1.54) is 16.7 Å². The molecule has 5 heterocycles. The Balaban J connectivity index is 1.64. The van der Waals surface area contributed by atoms with Crippen LogP contribution >= 0.6 is 0 Å². The van der Waals surface area contributed by atoms with E-state index in [4.69, 9.17) is 0 Å². The molecule has 1 amide bonds. The maximum Gasteiger partial charge on any atom is 0.281 e. The number of nitrogens with zero attached hydrogens (tertiary/aromatic N) is 5. The maximum absolute atomic E-state index is 17.4. The summed E-state index contributed by atoms with van der Waals surface area (Å²) < 4.78 is 50.3. The number of carbonyl (C=O) groups is 1. The van der Waals surface area contributed by atoms with Gasteiger partial charge in [-0.15, -0.1) is 0 Å². The number of phenols is 1. The Kier molecular flexibility index (Phi) is 7.73. The second-order valence-electron chi connectivity index (χ2n) is 13.2. The molecule has 2 atom stereocenters. The number of anilines is 2. The number of piperazine rings is 1. The fraction of sp³-hybridized carbons (Fsp3) is 0.361. The monoisotopic (exact) mass is 658 g/mol. The minimum atomic E-state index is -1.18. The van der Waals surface area contributed by atoms with Crippen LogP contribution in [0, 0.1) is 24.4 Å². The molecule has 2 fully saturated rings. The Hall–Kier alpha value is -4.84. The fourth-order valence-electron chi connectivity index (χ4n) is 7.52. The number of aryl methyl sites for hydroxylation is 1. The SMILES string of the molecule is C=CC(=O)N1CC2CN(C3CNC3)c3c(c4cc(F)c(-c5c(O)cccc5F)c(F)c4n(-c4c(C)ccnc4C(C)C)c3=O)N2CC1C. The first-order valence-electron chi connectivity index (χ1n) is 16.2. The topological polar surface area (TPSA) is 93.9 Å². The van der Waals surface area contributed by atoms with E-state index in [9.17, 15) is 9.90 Å². The van der Waals surface area contributed by atoms with Crippen molar-refractivity contribution in [1.82, 2.24) is 19.8 Å².